The van der Waals surface area contributed by atoms with E-state index in [2.05, 4.69) is 61.4 Å². The van der Waals surface area contributed by atoms with E-state index in [1.54, 1.807) is 11.3 Å². The predicted molar refractivity (Wildman–Crippen MR) is 132 cm³/mol. The smallest absolute Gasteiger partial charge is 0.227 e. The Bertz CT molecular complexity index is 1280. The molecule has 1 unspecified atom stereocenters. The third-order valence-corrected chi connectivity index (χ3v) is 7.25. The molecule has 0 amide bonds. The molecule has 7 heteroatoms. The van der Waals surface area contributed by atoms with Crippen molar-refractivity contribution in [1.29, 1.82) is 0 Å². The first-order valence-corrected chi connectivity index (χ1v) is 11.8. The van der Waals surface area contributed by atoms with E-state index in [-0.39, 0.29) is 11.5 Å². The van der Waals surface area contributed by atoms with E-state index in [4.69, 9.17) is 10.7 Å². The highest BCUT2D eigenvalue weighted by Crippen LogP contribution is 2.36. The average Bonchev–Trinajstić information content (AvgIpc) is 3.39. The summed E-state index contributed by atoms with van der Waals surface area (Å²) in [5.41, 5.74) is 9.21. The lowest BCUT2D eigenvalue weighted by molar-refractivity contribution is 0.0212. The second kappa shape index (κ2) is 8.08. The van der Waals surface area contributed by atoms with Crippen molar-refractivity contribution in [3.05, 3.63) is 59.1 Å². The van der Waals surface area contributed by atoms with E-state index < -0.39 is 6.23 Å². The van der Waals surface area contributed by atoms with Gasteiger partial charge >= 0.3 is 0 Å². The van der Waals surface area contributed by atoms with E-state index in [0.29, 0.717) is 5.95 Å². The highest BCUT2D eigenvalue weighted by atomic mass is 32.1. The molecular formula is C25H29N5OS. The lowest BCUT2D eigenvalue weighted by atomic mass is 9.87. The van der Waals surface area contributed by atoms with Crippen LogP contribution in [-0.4, -0.2) is 39.1 Å². The summed E-state index contributed by atoms with van der Waals surface area (Å²) in [6.45, 7) is 8.15. The Labute approximate surface area is 192 Å². The molecule has 0 radical (unpaired) electrons. The number of nitrogens with zero attached hydrogens (tertiary/aromatic N) is 3. The number of thiophene rings is 1. The highest BCUT2D eigenvalue weighted by molar-refractivity contribution is 7.19. The fraction of sp³-hybridized carbons (Fsp3) is 0.360. The van der Waals surface area contributed by atoms with E-state index in [1.807, 2.05) is 23.2 Å². The van der Waals surface area contributed by atoms with Gasteiger partial charge in [-0.05, 0) is 47.7 Å². The zero-order valence-electron chi connectivity index (χ0n) is 18.7. The molecule has 0 aliphatic carbocycles. The lowest BCUT2D eigenvalue weighted by Gasteiger charge is -2.21. The van der Waals surface area contributed by atoms with Crippen LogP contribution in [0.5, 0.6) is 0 Å². The summed E-state index contributed by atoms with van der Waals surface area (Å²) in [4.78, 5) is 12.3. The van der Waals surface area contributed by atoms with Crippen LogP contribution in [0.25, 0.3) is 21.0 Å². The van der Waals surface area contributed by atoms with Gasteiger partial charge in [0.1, 0.15) is 6.23 Å². The van der Waals surface area contributed by atoms with Crippen molar-refractivity contribution >= 4 is 44.0 Å². The fourth-order valence-corrected chi connectivity index (χ4v) is 5.31. The number of aromatic nitrogens is 2. The molecule has 2 aromatic heterocycles. The van der Waals surface area contributed by atoms with Gasteiger partial charge in [-0.25, -0.2) is 9.97 Å². The topological polar surface area (TPSA) is 87.3 Å². The molecule has 6 nitrogen and oxygen atoms in total. The number of nitrogens with one attached hydrogen (secondary N) is 1. The van der Waals surface area contributed by atoms with Crippen molar-refractivity contribution in [3.8, 4) is 0 Å². The van der Waals surface area contributed by atoms with E-state index in [0.717, 1.165) is 51.1 Å². The maximum absolute atomic E-state index is 10.9. The Morgan fingerprint density at radius 3 is 2.81 bits per heavy atom. The van der Waals surface area contributed by atoms with E-state index in [9.17, 15) is 5.11 Å². The Hall–Kier alpha value is -2.58. The molecule has 2 aromatic carbocycles. The van der Waals surface area contributed by atoms with Gasteiger partial charge in [-0.3, -0.25) is 4.90 Å². The maximum atomic E-state index is 10.9. The van der Waals surface area contributed by atoms with Gasteiger partial charge in [-0.15, -0.1) is 11.3 Å². The summed E-state index contributed by atoms with van der Waals surface area (Å²) < 4.78 is 1.11. The lowest BCUT2D eigenvalue weighted by Crippen LogP contribution is -2.29. The van der Waals surface area contributed by atoms with Crippen LogP contribution in [0.2, 0.25) is 0 Å². The molecule has 1 aliphatic rings. The number of likely N-dealkylation sites (tertiary alicyclic amines) is 1. The molecule has 32 heavy (non-hydrogen) atoms. The quantitative estimate of drug-likeness (QED) is 0.412. The van der Waals surface area contributed by atoms with Crippen LogP contribution in [0, 0.1) is 0 Å². The maximum Gasteiger partial charge on any atom is 0.227 e. The molecule has 1 saturated heterocycles. The predicted octanol–water partition coefficient (Wildman–Crippen LogP) is 4.91. The number of rotatable bonds is 4. The Balaban J connectivity index is 1.49. The standard InChI is InChI=1S/C25H29N5OS/c1-25(2,3)16-5-4-6-18(11-16)28-24-27-13-15-7-8-20-19(22(15)29-24)12-21(32-20)23(31)30-10-9-17(26)14-30/h4-8,11-13,17,23,31H,9-10,14,26H2,1-3H3,(H,27,28,29)/t17-,23?/m0/s1. The molecule has 4 aromatic rings. The van der Waals surface area contributed by atoms with Crippen molar-refractivity contribution in [2.45, 2.75) is 44.9 Å². The van der Waals surface area contributed by atoms with Gasteiger partial charge in [0.2, 0.25) is 5.95 Å². The number of aliphatic hydroxyl groups excluding tert-OH is 1. The summed E-state index contributed by atoms with van der Waals surface area (Å²) in [6, 6.07) is 14.7. The summed E-state index contributed by atoms with van der Waals surface area (Å²) in [6.07, 6.45) is 2.14. The Kier molecular flexibility index (Phi) is 5.37. The van der Waals surface area contributed by atoms with Crippen LogP contribution in [0.3, 0.4) is 0 Å². The van der Waals surface area contributed by atoms with Crippen molar-refractivity contribution in [2.75, 3.05) is 18.4 Å². The zero-order chi connectivity index (χ0) is 22.5. The SMILES string of the molecule is CC(C)(C)c1cccc(Nc2ncc3ccc4sc(C(O)N5CC[C@H](N)C5)cc4c3n2)c1. The first-order chi connectivity index (χ1) is 15.3. The minimum atomic E-state index is -0.629. The third-order valence-electron chi connectivity index (χ3n) is 6.11. The number of aliphatic hydroxyl groups is 1. The number of nitrogens with two attached hydrogens (primary N) is 1. The molecule has 4 N–H and O–H groups in total. The first kappa shape index (κ1) is 21.3. The van der Waals surface area contributed by atoms with Gasteiger partial charge in [-0.1, -0.05) is 32.9 Å². The van der Waals surface area contributed by atoms with E-state index in [1.165, 1.54) is 5.56 Å². The summed E-state index contributed by atoms with van der Waals surface area (Å²) >= 11 is 1.61. The van der Waals surface area contributed by atoms with Crippen molar-refractivity contribution in [2.24, 2.45) is 5.73 Å². The second-order valence-corrected chi connectivity index (χ2v) is 10.7. The third kappa shape index (κ3) is 4.09. The summed E-state index contributed by atoms with van der Waals surface area (Å²) in [5, 5.41) is 16.3. The molecule has 0 bridgehead atoms. The molecule has 3 heterocycles. The fourth-order valence-electron chi connectivity index (χ4n) is 4.23. The second-order valence-electron chi connectivity index (χ2n) is 9.63. The van der Waals surface area contributed by atoms with Crippen LogP contribution < -0.4 is 11.1 Å². The zero-order valence-corrected chi connectivity index (χ0v) is 19.5. The van der Waals surface area contributed by atoms with Gasteiger partial charge in [0, 0.05) is 51.4 Å². The van der Waals surface area contributed by atoms with Gasteiger partial charge in [0.05, 0.1) is 5.52 Å². The summed E-state index contributed by atoms with van der Waals surface area (Å²) in [5.74, 6) is 0.565. The number of fused-ring (bicyclic) bond motifs is 3. The number of benzene rings is 2. The van der Waals surface area contributed by atoms with Gasteiger partial charge in [-0.2, -0.15) is 0 Å². The molecule has 0 spiro atoms. The largest absolute Gasteiger partial charge is 0.373 e. The molecule has 5 rings (SSSR count). The molecule has 1 aliphatic heterocycles. The van der Waals surface area contributed by atoms with Crippen LogP contribution in [0.4, 0.5) is 11.6 Å². The van der Waals surface area contributed by atoms with Crippen LogP contribution >= 0.6 is 11.3 Å². The summed E-state index contributed by atoms with van der Waals surface area (Å²) in [7, 11) is 0. The van der Waals surface area contributed by atoms with Crippen LogP contribution in [-0.2, 0) is 5.41 Å². The van der Waals surface area contributed by atoms with Crippen molar-refractivity contribution in [1.82, 2.24) is 14.9 Å². The van der Waals surface area contributed by atoms with Crippen molar-refractivity contribution < 1.29 is 5.11 Å². The molecular weight excluding hydrogens is 418 g/mol. The number of hydrogen-bond donors (Lipinski definition) is 3. The van der Waals surface area contributed by atoms with Crippen molar-refractivity contribution in [3.63, 3.8) is 0 Å². The van der Waals surface area contributed by atoms with Gasteiger partial charge in [0.15, 0.2) is 0 Å². The van der Waals surface area contributed by atoms with Gasteiger partial charge in [0.25, 0.3) is 0 Å². The van der Waals surface area contributed by atoms with Crippen LogP contribution in [0.1, 0.15) is 43.9 Å². The van der Waals surface area contributed by atoms with Gasteiger partial charge < -0.3 is 16.2 Å². The molecule has 1 fully saturated rings. The first-order valence-electron chi connectivity index (χ1n) is 11.0. The Morgan fingerprint density at radius 1 is 1.22 bits per heavy atom. The monoisotopic (exact) mass is 447 g/mol. The number of anilines is 2. The number of hydrogen-bond acceptors (Lipinski definition) is 7. The minimum Gasteiger partial charge on any atom is -0.373 e. The highest BCUT2D eigenvalue weighted by Gasteiger charge is 2.27. The molecule has 166 valence electrons. The normalized spacial score (nSPS) is 18.5. The average molecular weight is 448 g/mol. The van der Waals surface area contributed by atoms with E-state index >= 15 is 0 Å². The van der Waals surface area contributed by atoms with Crippen LogP contribution in [0.15, 0.2) is 48.7 Å². The minimum absolute atomic E-state index is 0.0707. The molecule has 0 saturated carbocycles. The Morgan fingerprint density at radius 2 is 2.06 bits per heavy atom. The molecule has 2 atom stereocenters.